The molecule has 0 heterocycles. The van der Waals surface area contributed by atoms with Gasteiger partial charge in [-0.1, -0.05) is 30.9 Å². The van der Waals surface area contributed by atoms with E-state index in [1.807, 2.05) is 12.1 Å². The highest BCUT2D eigenvalue weighted by atomic mass is 35.5. The average Bonchev–Trinajstić information content (AvgIpc) is 2.51. The topological polar surface area (TPSA) is 72.8 Å². The van der Waals surface area contributed by atoms with E-state index in [4.69, 9.17) is 26.2 Å². The van der Waals surface area contributed by atoms with E-state index in [1.165, 1.54) is 0 Å². The summed E-state index contributed by atoms with van der Waals surface area (Å²) in [5.41, 5.74) is 0. The number of carbonyl (C=O) groups is 2. The van der Waals surface area contributed by atoms with Crippen LogP contribution in [0.15, 0.2) is 24.3 Å². The standard InChI is InChI=1S/C17H23ClO5/c1-2-22-17(21)15(16(19)20)7-5-3-4-6-12-23-14-10-8-13(18)9-11-14/h8-11,15H,2-7,12H2,1H3,(H,19,20). The van der Waals surface area contributed by atoms with Crippen LogP contribution in [0, 0.1) is 5.92 Å². The highest BCUT2D eigenvalue weighted by Crippen LogP contribution is 2.17. The van der Waals surface area contributed by atoms with E-state index in [1.54, 1.807) is 19.1 Å². The minimum atomic E-state index is -1.12. The van der Waals surface area contributed by atoms with Crippen molar-refractivity contribution < 1.29 is 24.2 Å². The van der Waals surface area contributed by atoms with Gasteiger partial charge in [-0.25, -0.2) is 0 Å². The number of carboxylic acid groups (broad SMARTS) is 1. The molecule has 1 unspecified atom stereocenters. The monoisotopic (exact) mass is 342 g/mol. The number of halogens is 1. The summed E-state index contributed by atoms with van der Waals surface area (Å²) in [5.74, 6) is -2.04. The van der Waals surface area contributed by atoms with Crippen LogP contribution in [0.5, 0.6) is 5.75 Å². The lowest BCUT2D eigenvalue weighted by molar-refractivity contribution is -0.158. The van der Waals surface area contributed by atoms with Crippen LogP contribution in [0.3, 0.4) is 0 Å². The van der Waals surface area contributed by atoms with Crippen molar-refractivity contribution in [2.45, 2.75) is 39.0 Å². The van der Waals surface area contributed by atoms with Crippen LogP contribution in [0.2, 0.25) is 5.02 Å². The number of carboxylic acids is 1. The second-order valence-corrected chi connectivity index (χ2v) is 5.58. The van der Waals surface area contributed by atoms with Gasteiger partial charge >= 0.3 is 11.9 Å². The molecule has 0 aromatic heterocycles. The molecule has 0 saturated heterocycles. The van der Waals surface area contributed by atoms with Gasteiger partial charge in [0.25, 0.3) is 0 Å². The first-order valence-corrected chi connectivity index (χ1v) is 8.20. The van der Waals surface area contributed by atoms with E-state index in [2.05, 4.69) is 0 Å². The molecule has 1 rings (SSSR count). The SMILES string of the molecule is CCOC(=O)C(CCCCCCOc1ccc(Cl)cc1)C(=O)O. The Labute approximate surface area is 141 Å². The fraction of sp³-hybridized carbons (Fsp3) is 0.529. The van der Waals surface area contributed by atoms with Crippen LogP contribution in [0.1, 0.15) is 39.0 Å². The average molecular weight is 343 g/mol. The molecule has 6 heteroatoms. The van der Waals surface area contributed by atoms with Gasteiger partial charge in [0.15, 0.2) is 5.92 Å². The summed E-state index contributed by atoms with van der Waals surface area (Å²) < 4.78 is 10.3. The van der Waals surface area contributed by atoms with Gasteiger partial charge in [-0.3, -0.25) is 9.59 Å². The van der Waals surface area contributed by atoms with E-state index < -0.39 is 17.9 Å². The first-order chi connectivity index (χ1) is 11.0. The summed E-state index contributed by atoms with van der Waals surface area (Å²) in [5, 5.41) is 9.70. The molecule has 0 radical (unpaired) electrons. The number of unbranched alkanes of at least 4 members (excludes halogenated alkanes) is 3. The summed E-state index contributed by atoms with van der Waals surface area (Å²) >= 11 is 5.79. The van der Waals surface area contributed by atoms with E-state index in [0.29, 0.717) is 24.5 Å². The largest absolute Gasteiger partial charge is 0.494 e. The number of aliphatic carboxylic acids is 1. The Morgan fingerprint density at radius 2 is 1.78 bits per heavy atom. The fourth-order valence-electron chi connectivity index (χ4n) is 2.11. The molecule has 0 bridgehead atoms. The Kier molecular flexibility index (Phi) is 9.14. The minimum Gasteiger partial charge on any atom is -0.494 e. The van der Waals surface area contributed by atoms with Gasteiger partial charge in [-0.15, -0.1) is 0 Å². The van der Waals surface area contributed by atoms with Crippen molar-refractivity contribution in [3.63, 3.8) is 0 Å². The molecule has 1 aromatic rings. The summed E-state index contributed by atoms with van der Waals surface area (Å²) in [7, 11) is 0. The predicted molar refractivity (Wildman–Crippen MR) is 87.8 cm³/mol. The van der Waals surface area contributed by atoms with Crippen LogP contribution >= 0.6 is 11.6 Å². The molecule has 1 N–H and O–H groups in total. The van der Waals surface area contributed by atoms with Crippen molar-refractivity contribution in [2.75, 3.05) is 13.2 Å². The van der Waals surface area contributed by atoms with Gasteiger partial charge < -0.3 is 14.6 Å². The number of hydrogen-bond donors (Lipinski definition) is 1. The van der Waals surface area contributed by atoms with E-state index in [0.717, 1.165) is 25.0 Å². The maximum absolute atomic E-state index is 11.5. The number of benzene rings is 1. The molecule has 0 spiro atoms. The highest BCUT2D eigenvalue weighted by molar-refractivity contribution is 6.30. The second kappa shape index (κ2) is 10.9. The molecule has 1 atom stereocenters. The molecule has 128 valence electrons. The van der Waals surface area contributed by atoms with Crippen molar-refractivity contribution in [2.24, 2.45) is 5.92 Å². The smallest absolute Gasteiger partial charge is 0.320 e. The van der Waals surface area contributed by atoms with Crippen molar-refractivity contribution in [1.29, 1.82) is 0 Å². The quantitative estimate of drug-likeness (QED) is 0.374. The third kappa shape index (κ3) is 7.88. The summed E-state index contributed by atoms with van der Waals surface area (Å²) in [6, 6.07) is 7.19. The molecule has 5 nitrogen and oxygen atoms in total. The molecule has 0 amide bonds. The third-order valence-corrected chi connectivity index (χ3v) is 3.59. The van der Waals surface area contributed by atoms with Crippen LogP contribution in [0.25, 0.3) is 0 Å². The zero-order valence-corrected chi connectivity index (χ0v) is 14.1. The molecular weight excluding hydrogens is 320 g/mol. The van der Waals surface area contributed by atoms with Crippen LogP contribution < -0.4 is 4.74 Å². The van der Waals surface area contributed by atoms with Crippen molar-refractivity contribution in [1.82, 2.24) is 0 Å². The van der Waals surface area contributed by atoms with Gasteiger partial charge in [0.2, 0.25) is 0 Å². The summed E-state index contributed by atoms with van der Waals surface area (Å²) in [4.78, 5) is 22.5. The minimum absolute atomic E-state index is 0.199. The number of rotatable bonds is 11. The van der Waals surface area contributed by atoms with Gasteiger partial charge in [0.1, 0.15) is 5.75 Å². The van der Waals surface area contributed by atoms with Crippen molar-refractivity contribution >= 4 is 23.5 Å². The lowest BCUT2D eigenvalue weighted by Gasteiger charge is -2.11. The Hall–Kier alpha value is -1.75. The van der Waals surface area contributed by atoms with Crippen molar-refractivity contribution in [3.05, 3.63) is 29.3 Å². The van der Waals surface area contributed by atoms with E-state index in [-0.39, 0.29) is 6.61 Å². The lowest BCUT2D eigenvalue weighted by atomic mass is 10.0. The second-order valence-electron chi connectivity index (χ2n) is 5.15. The molecular formula is C17H23ClO5. The maximum atomic E-state index is 11.5. The maximum Gasteiger partial charge on any atom is 0.320 e. The molecule has 0 aliphatic carbocycles. The Morgan fingerprint density at radius 1 is 1.13 bits per heavy atom. The Morgan fingerprint density at radius 3 is 2.39 bits per heavy atom. The zero-order valence-electron chi connectivity index (χ0n) is 13.3. The van der Waals surface area contributed by atoms with Crippen LogP contribution in [-0.2, 0) is 14.3 Å². The Balaban J connectivity index is 2.13. The predicted octanol–water partition coefficient (Wildman–Crippen LogP) is 3.93. The number of hydrogen-bond acceptors (Lipinski definition) is 4. The fourth-order valence-corrected chi connectivity index (χ4v) is 2.24. The van der Waals surface area contributed by atoms with Gasteiger partial charge in [0.05, 0.1) is 13.2 Å². The molecule has 0 aliphatic rings. The van der Waals surface area contributed by atoms with Crippen LogP contribution in [-0.4, -0.2) is 30.3 Å². The molecule has 1 aromatic carbocycles. The van der Waals surface area contributed by atoms with Gasteiger partial charge in [0, 0.05) is 5.02 Å². The molecule has 0 saturated carbocycles. The molecule has 23 heavy (non-hydrogen) atoms. The first kappa shape index (κ1) is 19.3. The van der Waals surface area contributed by atoms with Gasteiger partial charge in [-0.05, 0) is 44.0 Å². The first-order valence-electron chi connectivity index (χ1n) is 7.82. The number of esters is 1. The highest BCUT2D eigenvalue weighted by Gasteiger charge is 2.26. The van der Waals surface area contributed by atoms with Crippen LogP contribution in [0.4, 0.5) is 0 Å². The summed E-state index contributed by atoms with van der Waals surface area (Å²) in [6.45, 7) is 2.46. The Bertz CT molecular complexity index is 486. The van der Waals surface area contributed by atoms with E-state index >= 15 is 0 Å². The van der Waals surface area contributed by atoms with E-state index in [9.17, 15) is 9.59 Å². The molecule has 0 fully saturated rings. The zero-order chi connectivity index (χ0) is 17.1. The number of ether oxygens (including phenoxy) is 2. The third-order valence-electron chi connectivity index (χ3n) is 3.34. The lowest BCUT2D eigenvalue weighted by Crippen LogP contribution is -2.25. The normalized spacial score (nSPS) is 11.7. The number of carbonyl (C=O) groups excluding carboxylic acids is 1. The van der Waals surface area contributed by atoms with Crippen molar-refractivity contribution in [3.8, 4) is 5.75 Å². The van der Waals surface area contributed by atoms with Gasteiger partial charge in [-0.2, -0.15) is 0 Å². The summed E-state index contributed by atoms with van der Waals surface area (Å²) in [6.07, 6.45) is 3.64. The molecule has 0 aliphatic heterocycles.